The molecule has 0 spiro atoms. The predicted molar refractivity (Wildman–Crippen MR) is 68.5 cm³/mol. The van der Waals surface area contributed by atoms with Crippen molar-refractivity contribution in [2.24, 2.45) is 17.8 Å². The minimum Gasteiger partial charge on any atom is -0.495 e. The van der Waals surface area contributed by atoms with Crippen LogP contribution in [0.15, 0.2) is 11.3 Å². The Balaban J connectivity index is 1.94. The van der Waals surface area contributed by atoms with Crippen LogP contribution in [0, 0.1) is 17.8 Å². The Morgan fingerprint density at radius 1 is 1.18 bits per heavy atom. The van der Waals surface area contributed by atoms with Crippen LogP contribution in [0.4, 0.5) is 4.39 Å². The summed E-state index contributed by atoms with van der Waals surface area (Å²) in [5, 5.41) is 0. The molecule has 0 aromatic rings. The molecule has 2 unspecified atom stereocenters. The van der Waals surface area contributed by atoms with Crippen molar-refractivity contribution in [2.45, 2.75) is 59.0 Å². The number of hydrogen-bond acceptors (Lipinski definition) is 1. The largest absolute Gasteiger partial charge is 0.495 e. The number of halogens is 1. The first kappa shape index (κ1) is 12.9. The molecule has 0 amide bonds. The van der Waals surface area contributed by atoms with Crippen LogP contribution >= 0.6 is 0 Å². The molecule has 0 aromatic heterocycles. The summed E-state index contributed by atoms with van der Waals surface area (Å²) < 4.78 is 18.9. The number of allylic oxidation sites excluding steroid dienone is 2. The van der Waals surface area contributed by atoms with E-state index in [0.29, 0.717) is 11.7 Å². The maximum absolute atomic E-state index is 13.3. The highest BCUT2D eigenvalue weighted by Crippen LogP contribution is 2.39. The van der Waals surface area contributed by atoms with Crippen LogP contribution in [0.5, 0.6) is 0 Å². The van der Waals surface area contributed by atoms with E-state index in [4.69, 9.17) is 4.74 Å². The predicted octanol–water partition coefficient (Wildman–Crippen LogP) is 4.48. The smallest absolute Gasteiger partial charge is 0.154 e. The number of hydrogen-bond donors (Lipinski definition) is 0. The van der Waals surface area contributed by atoms with Crippen LogP contribution in [0.1, 0.15) is 52.9 Å². The summed E-state index contributed by atoms with van der Waals surface area (Å²) in [7, 11) is 0. The summed E-state index contributed by atoms with van der Waals surface area (Å²) in [5.41, 5.74) is 1.13. The van der Waals surface area contributed by atoms with E-state index in [9.17, 15) is 4.39 Å². The number of ether oxygens (including phenoxy) is 1. The highest BCUT2D eigenvalue weighted by molar-refractivity contribution is 5.13. The van der Waals surface area contributed by atoms with Gasteiger partial charge in [0, 0.05) is 0 Å². The zero-order chi connectivity index (χ0) is 12.4. The average Bonchev–Trinajstić information content (AvgIpc) is 2.29. The van der Waals surface area contributed by atoms with Crippen molar-refractivity contribution in [3.8, 4) is 0 Å². The monoisotopic (exact) mass is 240 g/mol. The Labute approximate surface area is 104 Å². The topological polar surface area (TPSA) is 9.23 Å². The van der Waals surface area contributed by atoms with Gasteiger partial charge in [0.1, 0.15) is 5.76 Å². The van der Waals surface area contributed by atoms with Gasteiger partial charge in [-0.2, -0.15) is 0 Å². The first-order chi connectivity index (χ1) is 8.08. The molecule has 1 heterocycles. The number of alkyl halides is 1. The second-order valence-electron chi connectivity index (χ2n) is 6.06. The van der Waals surface area contributed by atoms with Gasteiger partial charge in [0.2, 0.25) is 0 Å². The lowest BCUT2D eigenvalue weighted by Crippen LogP contribution is -2.29. The van der Waals surface area contributed by atoms with E-state index >= 15 is 0 Å². The van der Waals surface area contributed by atoms with Crippen LogP contribution < -0.4 is 0 Å². The van der Waals surface area contributed by atoms with Gasteiger partial charge < -0.3 is 4.74 Å². The Morgan fingerprint density at radius 3 is 2.35 bits per heavy atom. The molecule has 1 nitrogen and oxygen atoms in total. The van der Waals surface area contributed by atoms with Gasteiger partial charge in [-0.05, 0) is 56.4 Å². The second kappa shape index (κ2) is 5.41. The van der Waals surface area contributed by atoms with Crippen molar-refractivity contribution >= 4 is 0 Å². The van der Waals surface area contributed by atoms with E-state index in [0.717, 1.165) is 30.4 Å². The SMILES string of the molecule is CC1=C(C(C)F)OCC(C2CCC(C)CC2)C1. The third-order valence-electron chi connectivity index (χ3n) is 4.53. The molecule has 0 saturated heterocycles. The molecule has 2 heteroatoms. The van der Waals surface area contributed by atoms with Crippen LogP contribution in [0.25, 0.3) is 0 Å². The van der Waals surface area contributed by atoms with Gasteiger partial charge in [0.05, 0.1) is 6.61 Å². The van der Waals surface area contributed by atoms with E-state index in [-0.39, 0.29) is 0 Å². The van der Waals surface area contributed by atoms with Crippen LogP contribution in [-0.2, 0) is 4.74 Å². The van der Waals surface area contributed by atoms with Gasteiger partial charge in [-0.15, -0.1) is 0 Å². The molecule has 17 heavy (non-hydrogen) atoms. The minimum absolute atomic E-state index is 0.602. The quantitative estimate of drug-likeness (QED) is 0.691. The number of rotatable bonds is 2. The van der Waals surface area contributed by atoms with Gasteiger partial charge in [-0.1, -0.05) is 19.8 Å². The maximum Gasteiger partial charge on any atom is 0.154 e. The van der Waals surface area contributed by atoms with E-state index in [1.54, 1.807) is 6.92 Å². The molecule has 1 aliphatic carbocycles. The van der Waals surface area contributed by atoms with Gasteiger partial charge in [0.15, 0.2) is 6.17 Å². The van der Waals surface area contributed by atoms with Crippen molar-refractivity contribution in [3.05, 3.63) is 11.3 Å². The third kappa shape index (κ3) is 3.02. The molecule has 1 aliphatic heterocycles. The van der Waals surface area contributed by atoms with Crippen molar-refractivity contribution in [1.82, 2.24) is 0 Å². The fourth-order valence-electron chi connectivity index (χ4n) is 3.39. The Bertz CT molecular complexity index is 287. The summed E-state index contributed by atoms with van der Waals surface area (Å²) in [4.78, 5) is 0. The average molecular weight is 240 g/mol. The van der Waals surface area contributed by atoms with Crippen molar-refractivity contribution in [2.75, 3.05) is 6.61 Å². The van der Waals surface area contributed by atoms with Crippen molar-refractivity contribution < 1.29 is 9.13 Å². The summed E-state index contributed by atoms with van der Waals surface area (Å²) in [6.45, 7) is 6.69. The molecule has 2 rings (SSSR count). The Hall–Kier alpha value is -0.530. The normalized spacial score (nSPS) is 36.6. The Morgan fingerprint density at radius 2 is 1.82 bits per heavy atom. The molecule has 1 fully saturated rings. The van der Waals surface area contributed by atoms with Gasteiger partial charge in [-0.25, -0.2) is 4.39 Å². The minimum atomic E-state index is -0.942. The molecule has 2 atom stereocenters. The van der Waals surface area contributed by atoms with Crippen LogP contribution in [0.3, 0.4) is 0 Å². The van der Waals surface area contributed by atoms with Gasteiger partial charge in [0.25, 0.3) is 0 Å². The second-order valence-corrected chi connectivity index (χ2v) is 6.06. The van der Waals surface area contributed by atoms with Crippen molar-refractivity contribution in [3.63, 3.8) is 0 Å². The van der Waals surface area contributed by atoms with Crippen LogP contribution in [0.2, 0.25) is 0 Å². The summed E-state index contributed by atoms with van der Waals surface area (Å²) >= 11 is 0. The first-order valence-corrected chi connectivity index (χ1v) is 7.04. The fourth-order valence-corrected chi connectivity index (χ4v) is 3.39. The van der Waals surface area contributed by atoms with E-state index in [2.05, 4.69) is 6.92 Å². The lowest BCUT2D eigenvalue weighted by molar-refractivity contribution is 0.0644. The summed E-state index contributed by atoms with van der Waals surface area (Å²) in [6, 6.07) is 0. The lowest BCUT2D eigenvalue weighted by atomic mass is 9.74. The molecular formula is C15H25FO. The van der Waals surface area contributed by atoms with Crippen molar-refractivity contribution in [1.29, 1.82) is 0 Å². The lowest BCUT2D eigenvalue weighted by Gasteiger charge is -2.36. The van der Waals surface area contributed by atoms with Crippen LogP contribution in [-0.4, -0.2) is 12.8 Å². The molecule has 2 aliphatic rings. The molecular weight excluding hydrogens is 215 g/mol. The molecule has 0 bridgehead atoms. The molecule has 0 N–H and O–H groups in total. The standard InChI is InChI=1S/C15H25FO/c1-10-4-6-13(7-5-10)14-8-11(2)15(12(3)16)17-9-14/h10,12-14H,4-9H2,1-3H3. The summed E-state index contributed by atoms with van der Waals surface area (Å²) in [5.74, 6) is 2.93. The van der Waals surface area contributed by atoms with Gasteiger partial charge >= 0.3 is 0 Å². The fraction of sp³-hybridized carbons (Fsp3) is 0.867. The molecule has 0 aromatic carbocycles. The first-order valence-electron chi connectivity index (χ1n) is 7.04. The van der Waals surface area contributed by atoms with Gasteiger partial charge in [-0.3, -0.25) is 0 Å². The molecule has 1 saturated carbocycles. The van der Waals surface area contributed by atoms with E-state index in [1.807, 2.05) is 6.92 Å². The van der Waals surface area contributed by atoms with E-state index < -0.39 is 6.17 Å². The Kier molecular flexibility index (Phi) is 4.11. The molecule has 98 valence electrons. The highest BCUT2D eigenvalue weighted by Gasteiger charge is 2.31. The van der Waals surface area contributed by atoms with E-state index in [1.165, 1.54) is 25.7 Å². The maximum atomic E-state index is 13.3. The summed E-state index contributed by atoms with van der Waals surface area (Å²) in [6.07, 6.45) is 5.49. The highest BCUT2D eigenvalue weighted by atomic mass is 19.1. The molecule has 0 radical (unpaired) electrons. The zero-order valence-electron chi connectivity index (χ0n) is 11.3. The third-order valence-corrected chi connectivity index (χ3v) is 4.53. The zero-order valence-corrected chi connectivity index (χ0v) is 11.3.